The highest BCUT2D eigenvalue weighted by molar-refractivity contribution is 5.89. The lowest BCUT2D eigenvalue weighted by Crippen LogP contribution is -2.40. The van der Waals surface area contributed by atoms with Gasteiger partial charge in [-0.15, -0.1) is 0 Å². The van der Waals surface area contributed by atoms with Gasteiger partial charge < -0.3 is 15.4 Å². The van der Waals surface area contributed by atoms with Gasteiger partial charge in [-0.1, -0.05) is 27.7 Å². The van der Waals surface area contributed by atoms with E-state index >= 15 is 0 Å². The first kappa shape index (κ1) is 16.4. The Balaban J connectivity index is 2.58. The first-order chi connectivity index (χ1) is 9.36. The van der Waals surface area contributed by atoms with Gasteiger partial charge in [0.2, 0.25) is 0 Å². The van der Waals surface area contributed by atoms with Gasteiger partial charge in [0.1, 0.15) is 5.82 Å². The van der Waals surface area contributed by atoms with Crippen molar-refractivity contribution in [3.63, 3.8) is 0 Å². The maximum atomic E-state index is 11.8. The minimum absolute atomic E-state index is 0.00485. The molecule has 0 fully saturated rings. The molecule has 2 amide bonds. The third-order valence-electron chi connectivity index (χ3n) is 2.78. The lowest BCUT2D eigenvalue weighted by molar-refractivity contribution is 0.165. The summed E-state index contributed by atoms with van der Waals surface area (Å²) in [6.07, 6.45) is 4.04. The number of urea groups is 1. The lowest BCUT2D eigenvalue weighted by Gasteiger charge is -2.18. The van der Waals surface area contributed by atoms with Crippen LogP contribution in [0.15, 0.2) is 12.4 Å². The summed E-state index contributed by atoms with van der Waals surface area (Å²) in [5.41, 5.74) is 0.467. The number of methoxy groups -OCH3 is 1. The van der Waals surface area contributed by atoms with E-state index in [2.05, 4.69) is 20.6 Å². The van der Waals surface area contributed by atoms with Gasteiger partial charge in [-0.3, -0.25) is 0 Å². The van der Waals surface area contributed by atoms with Crippen molar-refractivity contribution in [2.24, 2.45) is 0 Å². The third-order valence-corrected chi connectivity index (χ3v) is 2.78. The van der Waals surface area contributed by atoms with E-state index in [1.165, 1.54) is 0 Å². The van der Waals surface area contributed by atoms with E-state index in [0.717, 1.165) is 12.2 Å². The summed E-state index contributed by atoms with van der Waals surface area (Å²) in [7, 11) is 1.61. The molecule has 0 aliphatic rings. The highest BCUT2D eigenvalue weighted by Crippen LogP contribution is 2.18. The number of rotatable bonds is 5. The number of hydrogen-bond donors (Lipinski definition) is 2. The second kappa shape index (κ2) is 7.19. The van der Waals surface area contributed by atoms with E-state index in [9.17, 15) is 4.79 Å². The monoisotopic (exact) mass is 280 g/mol. The van der Waals surface area contributed by atoms with Crippen molar-refractivity contribution in [3.05, 3.63) is 18.2 Å². The van der Waals surface area contributed by atoms with Gasteiger partial charge in [0.25, 0.3) is 0 Å². The molecule has 1 rings (SSSR count). The van der Waals surface area contributed by atoms with Crippen molar-refractivity contribution in [1.82, 2.24) is 15.3 Å². The Morgan fingerprint density at radius 2 is 1.95 bits per heavy atom. The van der Waals surface area contributed by atoms with Crippen molar-refractivity contribution in [2.75, 3.05) is 19.0 Å². The number of ether oxygens (including phenoxy) is 1. The van der Waals surface area contributed by atoms with Crippen molar-refractivity contribution >= 4 is 11.7 Å². The molecule has 0 bridgehead atoms. The van der Waals surface area contributed by atoms with Gasteiger partial charge in [0.15, 0.2) is 0 Å². The number of amides is 2. The Bertz CT molecular complexity index is 426. The van der Waals surface area contributed by atoms with E-state index < -0.39 is 0 Å². The van der Waals surface area contributed by atoms with Crippen molar-refractivity contribution < 1.29 is 9.53 Å². The maximum absolute atomic E-state index is 11.8. The molecule has 1 aromatic heterocycles. The van der Waals surface area contributed by atoms with Crippen molar-refractivity contribution in [1.29, 1.82) is 0 Å². The predicted molar refractivity (Wildman–Crippen MR) is 78.8 cm³/mol. The molecule has 0 saturated heterocycles. The molecular weight excluding hydrogens is 256 g/mol. The molecule has 6 nitrogen and oxygen atoms in total. The number of aromatic nitrogens is 2. The van der Waals surface area contributed by atoms with Gasteiger partial charge in [-0.05, 0) is 6.42 Å². The quantitative estimate of drug-likeness (QED) is 0.868. The minimum atomic E-state index is -0.277. The van der Waals surface area contributed by atoms with Crippen LogP contribution in [0.1, 0.15) is 39.9 Å². The topological polar surface area (TPSA) is 76.1 Å². The fraction of sp³-hybridized carbons (Fsp3) is 0.643. The normalized spacial score (nSPS) is 12.8. The number of carbonyl (C=O) groups excluding carboxylic acids is 1. The molecule has 1 atom stereocenters. The van der Waals surface area contributed by atoms with Crippen molar-refractivity contribution in [2.45, 2.75) is 45.6 Å². The molecule has 2 N–H and O–H groups in total. The molecule has 6 heteroatoms. The summed E-state index contributed by atoms with van der Waals surface area (Å²) in [5.74, 6) is 0.745. The van der Waals surface area contributed by atoms with Gasteiger partial charge in [-0.2, -0.15) is 0 Å². The molecule has 1 unspecified atom stereocenters. The summed E-state index contributed by atoms with van der Waals surface area (Å²) >= 11 is 0. The van der Waals surface area contributed by atoms with Crippen molar-refractivity contribution in [3.8, 4) is 0 Å². The summed E-state index contributed by atoms with van der Waals surface area (Å²) in [6, 6.07) is -0.282. The third kappa shape index (κ3) is 5.13. The number of carbonyl (C=O) groups is 1. The van der Waals surface area contributed by atoms with Gasteiger partial charge in [0, 0.05) is 12.5 Å². The summed E-state index contributed by atoms with van der Waals surface area (Å²) in [4.78, 5) is 20.3. The zero-order valence-electron chi connectivity index (χ0n) is 12.9. The van der Waals surface area contributed by atoms with Crippen LogP contribution >= 0.6 is 0 Å². The number of nitrogens with one attached hydrogen (secondary N) is 2. The number of anilines is 1. The maximum Gasteiger partial charge on any atom is 0.319 e. The first-order valence-electron chi connectivity index (χ1n) is 6.75. The Hall–Kier alpha value is -1.69. The fourth-order valence-electron chi connectivity index (χ4n) is 1.60. The van der Waals surface area contributed by atoms with Crippen LogP contribution in [0, 0.1) is 0 Å². The molecule has 0 saturated carbocycles. The largest absolute Gasteiger partial charge is 0.383 e. The van der Waals surface area contributed by atoms with E-state index in [-0.39, 0.29) is 17.5 Å². The molecule has 0 aromatic carbocycles. The first-order valence-corrected chi connectivity index (χ1v) is 6.75. The SMILES string of the molecule is CCC(COC)NC(=O)Nc1cnc(C(C)(C)C)nc1. The average molecular weight is 280 g/mol. The highest BCUT2D eigenvalue weighted by Gasteiger charge is 2.17. The summed E-state index contributed by atoms with van der Waals surface area (Å²) < 4.78 is 5.03. The zero-order chi connectivity index (χ0) is 15.2. The van der Waals surface area contributed by atoms with Crippen LogP contribution in [-0.4, -0.2) is 35.8 Å². The number of nitrogens with zero attached hydrogens (tertiary/aromatic N) is 2. The van der Waals surface area contributed by atoms with E-state index in [1.54, 1.807) is 19.5 Å². The van der Waals surface area contributed by atoms with Crippen LogP contribution in [0.3, 0.4) is 0 Å². The Morgan fingerprint density at radius 1 is 1.35 bits per heavy atom. The predicted octanol–water partition coefficient (Wildman–Crippen LogP) is 2.32. The van der Waals surface area contributed by atoms with Gasteiger partial charge in [-0.25, -0.2) is 14.8 Å². The second-order valence-corrected chi connectivity index (χ2v) is 5.70. The van der Waals surface area contributed by atoms with E-state index in [4.69, 9.17) is 4.74 Å². The fourth-order valence-corrected chi connectivity index (χ4v) is 1.60. The molecule has 0 spiro atoms. The molecule has 0 aliphatic carbocycles. The highest BCUT2D eigenvalue weighted by atomic mass is 16.5. The molecule has 0 radical (unpaired) electrons. The van der Waals surface area contributed by atoms with Gasteiger partial charge >= 0.3 is 6.03 Å². The Morgan fingerprint density at radius 3 is 2.40 bits per heavy atom. The summed E-state index contributed by atoms with van der Waals surface area (Å²) in [6.45, 7) is 8.60. The molecule has 1 aromatic rings. The molecular formula is C14H24N4O2. The van der Waals surface area contributed by atoms with Crippen LogP contribution in [0.25, 0.3) is 0 Å². The Labute approximate surface area is 120 Å². The zero-order valence-corrected chi connectivity index (χ0v) is 12.9. The molecule has 1 heterocycles. The standard InChI is InChI=1S/C14H24N4O2/c1-6-10(9-20-5)17-13(19)18-11-7-15-12(16-8-11)14(2,3)4/h7-8,10H,6,9H2,1-5H3,(H2,17,18,19). The molecule has 112 valence electrons. The van der Waals surface area contributed by atoms with Crippen LogP contribution in [-0.2, 0) is 10.2 Å². The molecule has 20 heavy (non-hydrogen) atoms. The van der Waals surface area contributed by atoms with E-state index in [1.807, 2.05) is 27.7 Å². The Kier molecular flexibility index (Phi) is 5.88. The second-order valence-electron chi connectivity index (χ2n) is 5.70. The summed E-state index contributed by atoms with van der Waals surface area (Å²) in [5, 5.41) is 5.54. The van der Waals surface area contributed by atoms with Crippen LogP contribution in [0.2, 0.25) is 0 Å². The molecule has 0 aliphatic heterocycles. The van der Waals surface area contributed by atoms with E-state index in [0.29, 0.717) is 12.3 Å². The average Bonchev–Trinajstić information content (AvgIpc) is 2.37. The van der Waals surface area contributed by atoms with Crippen LogP contribution in [0.5, 0.6) is 0 Å². The minimum Gasteiger partial charge on any atom is -0.383 e. The van der Waals surface area contributed by atoms with Gasteiger partial charge in [0.05, 0.1) is 30.7 Å². The van der Waals surface area contributed by atoms with Crippen LogP contribution in [0.4, 0.5) is 10.5 Å². The van der Waals surface area contributed by atoms with Crippen LogP contribution < -0.4 is 10.6 Å². The smallest absolute Gasteiger partial charge is 0.319 e. The lowest BCUT2D eigenvalue weighted by atomic mass is 9.96. The number of hydrogen-bond acceptors (Lipinski definition) is 4.